The van der Waals surface area contributed by atoms with Gasteiger partial charge in [0.25, 0.3) is 0 Å². The highest BCUT2D eigenvalue weighted by atomic mass is 35.5. The second-order valence-electron chi connectivity index (χ2n) is 4.59. The van der Waals surface area contributed by atoms with Crippen molar-refractivity contribution in [2.75, 3.05) is 18.5 Å². The van der Waals surface area contributed by atoms with Gasteiger partial charge in [-0.05, 0) is 37.5 Å². The number of nitrogens with zero attached hydrogens (tertiary/aromatic N) is 1. The van der Waals surface area contributed by atoms with Gasteiger partial charge in [-0.2, -0.15) is 0 Å². The van der Waals surface area contributed by atoms with Gasteiger partial charge in [-0.15, -0.1) is 0 Å². The van der Waals surface area contributed by atoms with Crippen LogP contribution >= 0.6 is 11.6 Å². The molecule has 5 heteroatoms. The first-order valence-electron chi connectivity index (χ1n) is 6.06. The number of likely N-dealkylation sites (tertiary alicyclic amines) is 1. The number of benzene rings is 1. The topological polar surface area (TPSA) is 52.6 Å². The Bertz CT molecular complexity index is 451. The predicted molar refractivity (Wildman–Crippen MR) is 72.0 cm³/mol. The molecule has 2 N–H and O–H groups in total. The van der Waals surface area contributed by atoms with Crippen molar-refractivity contribution >= 4 is 23.3 Å². The third kappa shape index (κ3) is 2.76. The number of halogens is 1. The quantitative estimate of drug-likeness (QED) is 0.866. The second-order valence-corrected chi connectivity index (χ2v) is 4.99. The van der Waals surface area contributed by atoms with Gasteiger partial charge in [-0.25, -0.2) is 4.79 Å². The molecule has 0 aliphatic carbocycles. The van der Waals surface area contributed by atoms with Crippen molar-refractivity contribution in [2.45, 2.75) is 25.8 Å². The van der Waals surface area contributed by atoms with Crippen molar-refractivity contribution in [2.24, 2.45) is 0 Å². The number of hydrogen-bond donors (Lipinski definition) is 2. The summed E-state index contributed by atoms with van der Waals surface area (Å²) in [6.45, 7) is 2.63. The van der Waals surface area contributed by atoms with Gasteiger partial charge in [0.05, 0.1) is 23.4 Å². The molecular weight excluding hydrogens is 252 g/mol. The first-order chi connectivity index (χ1) is 8.61. The van der Waals surface area contributed by atoms with Crippen LogP contribution < -0.4 is 5.32 Å². The smallest absolute Gasteiger partial charge is 0.322 e. The zero-order chi connectivity index (χ0) is 13.1. The summed E-state index contributed by atoms with van der Waals surface area (Å²) in [5, 5.41) is 12.5. The Labute approximate surface area is 112 Å². The molecule has 0 unspecified atom stereocenters. The van der Waals surface area contributed by atoms with Gasteiger partial charge in [0.1, 0.15) is 0 Å². The highest BCUT2D eigenvalue weighted by Crippen LogP contribution is 2.24. The zero-order valence-electron chi connectivity index (χ0n) is 10.3. The van der Waals surface area contributed by atoms with Crippen LogP contribution in [0.15, 0.2) is 18.2 Å². The summed E-state index contributed by atoms with van der Waals surface area (Å²) < 4.78 is 0. The third-order valence-corrected chi connectivity index (χ3v) is 3.53. The summed E-state index contributed by atoms with van der Waals surface area (Å²) in [7, 11) is 0. The summed E-state index contributed by atoms with van der Waals surface area (Å²) >= 11 is 6.07. The number of carbonyl (C=O) groups is 1. The standard InChI is InChI=1S/C13H17ClN2O2/c1-9-4-5-12(11(14)7-9)15-13(18)16-6-2-3-10(16)8-17/h4-5,7,10,17H,2-3,6,8H2,1H3,(H,15,18)/t10-/m0/s1. The Balaban J connectivity index is 2.07. The number of nitrogens with one attached hydrogen (secondary N) is 1. The molecule has 0 bridgehead atoms. The van der Waals surface area contributed by atoms with E-state index in [0.717, 1.165) is 18.4 Å². The maximum absolute atomic E-state index is 12.1. The van der Waals surface area contributed by atoms with E-state index >= 15 is 0 Å². The lowest BCUT2D eigenvalue weighted by Gasteiger charge is -2.23. The molecule has 0 saturated carbocycles. The molecule has 1 aromatic carbocycles. The molecule has 1 aliphatic heterocycles. The normalized spacial score (nSPS) is 19.1. The molecule has 1 heterocycles. The molecule has 1 fully saturated rings. The van der Waals surface area contributed by atoms with Crippen molar-refractivity contribution in [3.8, 4) is 0 Å². The van der Waals surface area contributed by atoms with E-state index in [1.807, 2.05) is 19.1 Å². The van der Waals surface area contributed by atoms with Gasteiger partial charge in [0, 0.05) is 6.54 Å². The lowest BCUT2D eigenvalue weighted by atomic mass is 10.2. The summed E-state index contributed by atoms with van der Waals surface area (Å²) in [6, 6.07) is 5.23. The lowest BCUT2D eigenvalue weighted by Crippen LogP contribution is -2.40. The molecule has 1 saturated heterocycles. The molecule has 0 aromatic heterocycles. The van der Waals surface area contributed by atoms with Gasteiger partial charge in [-0.3, -0.25) is 0 Å². The first kappa shape index (κ1) is 13.2. The van der Waals surface area contributed by atoms with E-state index in [4.69, 9.17) is 11.6 Å². The summed E-state index contributed by atoms with van der Waals surface area (Å²) in [5.74, 6) is 0. The molecule has 1 aliphatic rings. The van der Waals surface area contributed by atoms with E-state index in [1.54, 1.807) is 11.0 Å². The van der Waals surface area contributed by atoms with Gasteiger partial charge < -0.3 is 15.3 Å². The van der Waals surface area contributed by atoms with E-state index < -0.39 is 0 Å². The SMILES string of the molecule is Cc1ccc(NC(=O)N2CCC[C@H]2CO)c(Cl)c1. The summed E-state index contributed by atoms with van der Waals surface area (Å²) in [4.78, 5) is 13.7. The average molecular weight is 269 g/mol. The fraction of sp³-hybridized carbons (Fsp3) is 0.462. The average Bonchev–Trinajstić information content (AvgIpc) is 2.81. The third-order valence-electron chi connectivity index (χ3n) is 3.21. The minimum absolute atomic E-state index is 0.00898. The first-order valence-corrected chi connectivity index (χ1v) is 6.44. The maximum atomic E-state index is 12.1. The second kappa shape index (κ2) is 5.59. The molecule has 18 heavy (non-hydrogen) atoms. The van der Waals surface area contributed by atoms with Crippen molar-refractivity contribution in [1.82, 2.24) is 4.90 Å². The monoisotopic (exact) mass is 268 g/mol. The Morgan fingerprint density at radius 1 is 1.61 bits per heavy atom. The number of aryl methyl sites for hydroxylation is 1. The van der Waals surface area contributed by atoms with Crippen LogP contribution in [0.2, 0.25) is 5.02 Å². The number of amides is 2. The molecule has 4 nitrogen and oxygen atoms in total. The van der Waals surface area contributed by atoms with Crippen LogP contribution in [0, 0.1) is 6.92 Å². The highest BCUT2D eigenvalue weighted by Gasteiger charge is 2.28. The minimum Gasteiger partial charge on any atom is -0.394 e. The summed E-state index contributed by atoms with van der Waals surface area (Å²) in [5.41, 5.74) is 1.66. The van der Waals surface area contributed by atoms with Crippen LogP contribution in [-0.2, 0) is 0 Å². The summed E-state index contributed by atoms with van der Waals surface area (Å²) in [6.07, 6.45) is 1.78. The molecule has 1 atom stereocenters. The fourth-order valence-electron chi connectivity index (χ4n) is 2.20. The van der Waals surface area contributed by atoms with E-state index in [0.29, 0.717) is 17.3 Å². The highest BCUT2D eigenvalue weighted by molar-refractivity contribution is 6.33. The van der Waals surface area contributed by atoms with E-state index in [2.05, 4.69) is 5.32 Å². The Hall–Kier alpha value is -1.26. The van der Waals surface area contributed by atoms with Gasteiger partial charge in [0.15, 0.2) is 0 Å². The van der Waals surface area contributed by atoms with Crippen molar-refractivity contribution in [3.63, 3.8) is 0 Å². The van der Waals surface area contributed by atoms with Gasteiger partial charge in [-0.1, -0.05) is 17.7 Å². The Morgan fingerprint density at radius 2 is 2.39 bits per heavy atom. The molecule has 0 radical (unpaired) electrons. The largest absolute Gasteiger partial charge is 0.394 e. The zero-order valence-corrected chi connectivity index (χ0v) is 11.1. The van der Waals surface area contributed by atoms with Gasteiger partial charge >= 0.3 is 6.03 Å². The van der Waals surface area contributed by atoms with Crippen molar-refractivity contribution in [1.29, 1.82) is 0 Å². The van der Waals surface area contributed by atoms with Crippen LogP contribution in [0.1, 0.15) is 18.4 Å². The predicted octanol–water partition coefficient (Wildman–Crippen LogP) is 2.64. The van der Waals surface area contributed by atoms with Crippen LogP contribution in [0.5, 0.6) is 0 Å². The van der Waals surface area contributed by atoms with Crippen LogP contribution in [0.25, 0.3) is 0 Å². The van der Waals surface area contributed by atoms with Crippen LogP contribution in [0.3, 0.4) is 0 Å². The van der Waals surface area contributed by atoms with Crippen LogP contribution in [-0.4, -0.2) is 35.2 Å². The molecular formula is C13H17ClN2O2. The number of aliphatic hydroxyl groups is 1. The Morgan fingerprint density at radius 3 is 3.06 bits per heavy atom. The number of urea groups is 1. The molecule has 2 amide bonds. The maximum Gasteiger partial charge on any atom is 0.322 e. The molecule has 98 valence electrons. The molecule has 1 aromatic rings. The van der Waals surface area contributed by atoms with Crippen LogP contribution in [0.4, 0.5) is 10.5 Å². The minimum atomic E-state index is -0.197. The number of hydrogen-bond acceptors (Lipinski definition) is 2. The molecule has 2 rings (SSSR count). The van der Waals surface area contributed by atoms with Crippen molar-refractivity contribution in [3.05, 3.63) is 28.8 Å². The fourth-order valence-corrected chi connectivity index (χ4v) is 2.48. The number of rotatable bonds is 2. The Kier molecular flexibility index (Phi) is 4.09. The lowest BCUT2D eigenvalue weighted by molar-refractivity contribution is 0.166. The number of anilines is 1. The van der Waals surface area contributed by atoms with E-state index in [-0.39, 0.29) is 18.7 Å². The number of aliphatic hydroxyl groups excluding tert-OH is 1. The van der Waals surface area contributed by atoms with E-state index in [1.165, 1.54) is 0 Å². The van der Waals surface area contributed by atoms with Crippen molar-refractivity contribution < 1.29 is 9.90 Å². The number of carbonyl (C=O) groups excluding carboxylic acids is 1. The van der Waals surface area contributed by atoms with E-state index in [9.17, 15) is 9.90 Å². The van der Waals surface area contributed by atoms with Gasteiger partial charge in [0.2, 0.25) is 0 Å². The molecule has 0 spiro atoms.